The SMILES string of the molecule is CCc1ccc2c(c1)[C@@H](NC[C@H](O)[C@H](Cc1ccccc1)NC(=O)c1cc([C@@H]3CCN(CC)C3)cc([C@@H]3CCCCN3C(C)=O)c1)CC1(CCCC1)O2. The number of benzene rings is 3. The number of aliphatic hydroxyl groups is 1. The van der Waals surface area contributed by atoms with E-state index in [1.807, 2.05) is 29.2 Å². The number of ether oxygens (including phenoxy) is 1. The van der Waals surface area contributed by atoms with Crippen LogP contribution in [0, 0.1) is 0 Å². The summed E-state index contributed by atoms with van der Waals surface area (Å²) in [4.78, 5) is 31.7. The number of likely N-dealkylation sites (N-methyl/N-ethyl adjacent to an activating group) is 1. The van der Waals surface area contributed by atoms with Crippen LogP contribution >= 0.6 is 0 Å². The average Bonchev–Trinajstić information content (AvgIpc) is 3.86. The Hall–Kier alpha value is -3.72. The number of aryl methyl sites for hydroxylation is 1. The number of carbonyl (C=O) groups is 2. The van der Waals surface area contributed by atoms with Gasteiger partial charge in [-0.3, -0.25) is 9.59 Å². The maximum atomic E-state index is 14.4. The van der Waals surface area contributed by atoms with Crippen molar-refractivity contribution in [3.63, 3.8) is 0 Å². The number of carbonyl (C=O) groups excluding carboxylic acids is 2. The van der Waals surface area contributed by atoms with Gasteiger partial charge in [-0.15, -0.1) is 0 Å². The molecule has 8 nitrogen and oxygen atoms in total. The largest absolute Gasteiger partial charge is 0.487 e. The summed E-state index contributed by atoms with van der Waals surface area (Å²) in [7, 11) is 0. The number of aliphatic hydroxyl groups excluding tert-OH is 1. The van der Waals surface area contributed by atoms with E-state index in [9.17, 15) is 14.7 Å². The van der Waals surface area contributed by atoms with Gasteiger partial charge in [0.1, 0.15) is 11.4 Å². The molecule has 1 saturated carbocycles. The minimum Gasteiger partial charge on any atom is -0.487 e. The fraction of sp³-hybridized carbons (Fsp3) is 0.556. The molecular weight excluding hydrogens is 661 g/mol. The Balaban J connectivity index is 1.15. The van der Waals surface area contributed by atoms with Gasteiger partial charge in [0, 0.05) is 50.1 Å². The number of fused-ring (bicyclic) bond motifs is 1. The zero-order chi connectivity index (χ0) is 37.0. The third-order valence-corrected chi connectivity index (χ3v) is 12.7. The van der Waals surface area contributed by atoms with Crippen LogP contribution in [0.15, 0.2) is 66.7 Å². The van der Waals surface area contributed by atoms with E-state index in [1.54, 1.807) is 6.92 Å². The highest BCUT2D eigenvalue weighted by Gasteiger charge is 2.43. The summed E-state index contributed by atoms with van der Waals surface area (Å²) in [5.74, 6) is 1.19. The smallest absolute Gasteiger partial charge is 0.251 e. The molecule has 1 aliphatic carbocycles. The molecule has 284 valence electrons. The number of hydrogen-bond donors (Lipinski definition) is 3. The molecule has 53 heavy (non-hydrogen) atoms. The van der Waals surface area contributed by atoms with Crippen molar-refractivity contribution in [1.82, 2.24) is 20.4 Å². The van der Waals surface area contributed by atoms with Gasteiger partial charge in [0.15, 0.2) is 0 Å². The Labute approximate surface area is 316 Å². The molecule has 3 aromatic rings. The second-order valence-electron chi connectivity index (χ2n) is 16.2. The standard InChI is InChI=1S/C45H60N4O4/c1-4-32-16-17-43-38(23-32)40(28-45(53-43)19-10-11-20-45)46-29-42(51)39(24-33-13-7-6-8-14-33)47-44(52)37-26-35(34-18-22-48(5-2)30-34)25-36(27-37)41-15-9-12-21-49(41)31(3)50/h6-8,13-14,16-17,23,25-27,34,39-42,46,51H,4-5,9-12,15,18-22,24,28-30H2,1-3H3,(H,47,52)/t34-,39+,40+,41+,42+/m1/s1. The number of rotatable bonds is 12. The molecule has 4 aliphatic rings. The molecule has 3 fully saturated rings. The molecule has 2 amide bonds. The van der Waals surface area contributed by atoms with Crippen LogP contribution in [0.3, 0.4) is 0 Å². The fourth-order valence-corrected chi connectivity index (χ4v) is 9.54. The third-order valence-electron chi connectivity index (χ3n) is 12.7. The number of hydrogen-bond acceptors (Lipinski definition) is 6. The zero-order valence-corrected chi connectivity index (χ0v) is 32.1. The molecule has 3 aliphatic heterocycles. The van der Waals surface area contributed by atoms with Gasteiger partial charge < -0.3 is 30.3 Å². The van der Waals surface area contributed by atoms with Gasteiger partial charge in [-0.2, -0.15) is 0 Å². The molecule has 5 atom stereocenters. The highest BCUT2D eigenvalue weighted by atomic mass is 16.5. The Morgan fingerprint density at radius 3 is 2.45 bits per heavy atom. The van der Waals surface area contributed by atoms with E-state index < -0.39 is 12.1 Å². The summed E-state index contributed by atoms with van der Waals surface area (Å²) < 4.78 is 6.69. The third kappa shape index (κ3) is 8.66. The van der Waals surface area contributed by atoms with Crippen molar-refractivity contribution < 1.29 is 19.4 Å². The number of nitrogens with one attached hydrogen (secondary N) is 2. The van der Waals surface area contributed by atoms with Crippen LogP contribution in [0.5, 0.6) is 5.75 Å². The quantitative estimate of drug-likeness (QED) is 0.183. The second-order valence-corrected chi connectivity index (χ2v) is 16.2. The minimum absolute atomic E-state index is 0.0370. The molecule has 0 unspecified atom stereocenters. The minimum atomic E-state index is -0.832. The fourth-order valence-electron chi connectivity index (χ4n) is 9.54. The monoisotopic (exact) mass is 720 g/mol. The lowest BCUT2D eigenvalue weighted by Gasteiger charge is -2.41. The first-order chi connectivity index (χ1) is 25.7. The predicted molar refractivity (Wildman–Crippen MR) is 210 cm³/mol. The first-order valence-corrected chi connectivity index (χ1v) is 20.5. The highest BCUT2D eigenvalue weighted by Crippen LogP contribution is 2.47. The predicted octanol–water partition coefficient (Wildman–Crippen LogP) is 7.26. The Bertz CT molecular complexity index is 1720. The normalized spacial score (nSPS) is 23.7. The Morgan fingerprint density at radius 1 is 0.925 bits per heavy atom. The van der Waals surface area contributed by atoms with E-state index >= 15 is 0 Å². The van der Waals surface area contributed by atoms with Crippen molar-refractivity contribution in [2.45, 2.75) is 127 Å². The van der Waals surface area contributed by atoms with Gasteiger partial charge in [0.2, 0.25) is 5.91 Å². The Kier molecular flexibility index (Phi) is 11.9. The van der Waals surface area contributed by atoms with Crippen LogP contribution in [0.4, 0.5) is 0 Å². The molecule has 0 aromatic heterocycles. The van der Waals surface area contributed by atoms with E-state index in [-0.39, 0.29) is 29.5 Å². The van der Waals surface area contributed by atoms with E-state index in [0.29, 0.717) is 24.4 Å². The number of nitrogens with zero attached hydrogens (tertiary/aromatic N) is 2. The van der Waals surface area contributed by atoms with Crippen LogP contribution in [0.1, 0.15) is 135 Å². The van der Waals surface area contributed by atoms with Crippen molar-refractivity contribution in [1.29, 1.82) is 0 Å². The Morgan fingerprint density at radius 2 is 1.72 bits per heavy atom. The number of piperidine rings is 1. The van der Waals surface area contributed by atoms with Crippen molar-refractivity contribution >= 4 is 11.8 Å². The molecule has 7 rings (SSSR count). The van der Waals surface area contributed by atoms with Gasteiger partial charge in [0.25, 0.3) is 5.91 Å². The van der Waals surface area contributed by atoms with Crippen molar-refractivity contribution in [3.05, 3.63) is 100 Å². The van der Waals surface area contributed by atoms with E-state index in [0.717, 1.165) is 100.0 Å². The van der Waals surface area contributed by atoms with Crippen LogP contribution in [-0.4, -0.2) is 77.2 Å². The van der Waals surface area contributed by atoms with Crippen molar-refractivity contribution in [2.75, 3.05) is 32.7 Å². The molecule has 3 aromatic carbocycles. The molecule has 2 saturated heterocycles. The van der Waals surface area contributed by atoms with Gasteiger partial charge in [-0.05, 0) is 124 Å². The number of amides is 2. The molecular formula is C45H60N4O4. The summed E-state index contributed by atoms with van der Waals surface area (Å²) in [5, 5.41) is 19.1. The van der Waals surface area contributed by atoms with Crippen LogP contribution < -0.4 is 15.4 Å². The van der Waals surface area contributed by atoms with Crippen molar-refractivity contribution in [3.8, 4) is 5.75 Å². The molecule has 3 N–H and O–H groups in total. The molecule has 3 heterocycles. The van der Waals surface area contributed by atoms with E-state index in [1.165, 1.54) is 24.0 Å². The summed E-state index contributed by atoms with van der Waals surface area (Å²) in [6, 6.07) is 22.5. The lowest BCUT2D eigenvalue weighted by Crippen LogP contribution is -2.50. The van der Waals surface area contributed by atoms with Gasteiger partial charge in [-0.1, -0.05) is 62.4 Å². The summed E-state index contributed by atoms with van der Waals surface area (Å²) >= 11 is 0. The zero-order valence-electron chi connectivity index (χ0n) is 32.1. The maximum absolute atomic E-state index is 14.4. The topological polar surface area (TPSA) is 94.1 Å². The molecule has 0 radical (unpaired) electrons. The van der Waals surface area contributed by atoms with Crippen LogP contribution in [0.25, 0.3) is 0 Å². The van der Waals surface area contributed by atoms with Gasteiger partial charge in [-0.25, -0.2) is 0 Å². The first-order valence-electron chi connectivity index (χ1n) is 20.5. The lowest BCUT2D eigenvalue weighted by molar-refractivity contribution is -0.132. The second kappa shape index (κ2) is 16.7. The van der Waals surface area contributed by atoms with E-state index in [4.69, 9.17) is 4.74 Å². The van der Waals surface area contributed by atoms with Crippen LogP contribution in [0.2, 0.25) is 0 Å². The maximum Gasteiger partial charge on any atom is 0.251 e. The number of likely N-dealkylation sites (tertiary alicyclic amines) is 2. The van der Waals surface area contributed by atoms with Gasteiger partial charge in [0.05, 0.1) is 18.2 Å². The van der Waals surface area contributed by atoms with Crippen molar-refractivity contribution in [2.24, 2.45) is 0 Å². The average molecular weight is 721 g/mol. The highest BCUT2D eigenvalue weighted by molar-refractivity contribution is 5.95. The lowest BCUT2D eigenvalue weighted by atomic mass is 9.85. The van der Waals surface area contributed by atoms with Gasteiger partial charge >= 0.3 is 0 Å². The van der Waals surface area contributed by atoms with Crippen LogP contribution in [-0.2, 0) is 17.6 Å². The first kappa shape index (κ1) is 37.6. The molecule has 8 heteroatoms. The summed E-state index contributed by atoms with van der Waals surface area (Å²) in [6.45, 7) is 10.1. The molecule has 0 bridgehead atoms. The summed E-state index contributed by atoms with van der Waals surface area (Å²) in [6.07, 6.45) is 9.98. The summed E-state index contributed by atoms with van der Waals surface area (Å²) in [5.41, 5.74) is 6.16. The molecule has 1 spiro atoms. The van der Waals surface area contributed by atoms with E-state index in [2.05, 4.69) is 71.8 Å².